The maximum absolute atomic E-state index is 12.1. The quantitative estimate of drug-likeness (QED) is 0.876. The molecular formula is C15H23N3O. The fraction of sp³-hybridized carbons (Fsp3) is 0.600. The lowest BCUT2D eigenvalue weighted by Crippen LogP contribution is -2.37. The summed E-state index contributed by atoms with van der Waals surface area (Å²) < 4.78 is 0. The number of hydrogen-bond donors (Lipinski definition) is 2. The normalized spacial score (nSPS) is 26.2. The van der Waals surface area contributed by atoms with E-state index in [-0.39, 0.29) is 11.9 Å². The van der Waals surface area contributed by atoms with Gasteiger partial charge in [-0.1, -0.05) is 13.8 Å². The second-order valence-corrected chi connectivity index (χ2v) is 5.46. The van der Waals surface area contributed by atoms with Crippen LogP contribution in [0.4, 0.5) is 5.69 Å². The van der Waals surface area contributed by atoms with E-state index in [1.54, 1.807) is 12.3 Å². The van der Waals surface area contributed by atoms with Crippen LogP contribution >= 0.6 is 0 Å². The van der Waals surface area contributed by atoms with E-state index in [1.165, 1.54) is 6.42 Å². The Morgan fingerprint density at radius 3 is 2.68 bits per heavy atom. The molecule has 1 saturated carbocycles. The molecule has 0 aromatic carbocycles. The van der Waals surface area contributed by atoms with Crippen molar-refractivity contribution in [2.24, 2.45) is 11.8 Å². The SMILES string of the molecule is CCNc1ccc(C(=O)NC2CCC(C)C2C)nc1. The van der Waals surface area contributed by atoms with Crippen molar-refractivity contribution in [2.75, 3.05) is 11.9 Å². The van der Waals surface area contributed by atoms with E-state index in [1.807, 2.05) is 13.0 Å². The van der Waals surface area contributed by atoms with Crippen molar-refractivity contribution in [3.63, 3.8) is 0 Å². The smallest absolute Gasteiger partial charge is 0.270 e. The number of amides is 1. The molecule has 1 aromatic heterocycles. The number of pyridine rings is 1. The fourth-order valence-corrected chi connectivity index (χ4v) is 2.65. The Morgan fingerprint density at radius 1 is 1.37 bits per heavy atom. The lowest BCUT2D eigenvalue weighted by molar-refractivity contribution is 0.0922. The van der Waals surface area contributed by atoms with Gasteiger partial charge >= 0.3 is 0 Å². The molecule has 0 saturated heterocycles. The van der Waals surface area contributed by atoms with Crippen LogP contribution in [0.15, 0.2) is 18.3 Å². The molecule has 0 radical (unpaired) electrons. The van der Waals surface area contributed by atoms with Crippen molar-refractivity contribution in [1.82, 2.24) is 10.3 Å². The van der Waals surface area contributed by atoms with E-state index in [9.17, 15) is 4.79 Å². The molecule has 1 aliphatic rings. The average molecular weight is 261 g/mol. The van der Waals surface area contributed by atoms with Crippen LogP contribution < -0.4 is 10.6 Å². The lowest BCUT2D eigenvalue weighted by atomic mass is 9.98. The van der Waals surface area contributed by atoms with Crippen LogP contribution in [0.2, 0.25) is 0 Å². The molecule has 104 valence electrons. The molecule has 0 aliphatic heterocycles. The molecule has 0 spiro atoms. The first-order valence-corrected chi connectivity index (χ1v) is 7.12. The largest absolute Gasteiger partial charge is 0.384 e. The van der Waals surface area contributed by atoms with Gasteiger partial charge in [-0.25, -0.2) is 4.98 Å². The number of rotatable bonds is 4. The van der Waals surface area contributed by atoms with E-state index in [0.29, 0.717) is 17.5 Å². The molecule has 1 heterocycles. The molecule has 1 aromatic rings. The first kappa shape index (κ1) is 13.8. The monoisotopic (exact) mass is 261 g/mol. The number of hydrogen-bond acceptors (Lipinski definition) is 3. The Balaban J connectivity index is 1.96. The number of aromatic nitrogens is 1. The van der Waals surface area contributed by atoms with Gasteiger partial charge < -0.3 is 10.6 Å². The zero-order valence-corrected chi connectivity index (χ0v) is 11.9. The van der Waals surface area contributed by atoms with Crippen LogP contribution in [0.25, 0.3) is 0 Å². The van der Waals surface area contributed by atoms with Gasteiger partial charge in [-0.05, 0) is 43.7 Å². The van der Waals surface area contributed by atoms with Crippen LogP contribution in [-0.4, -0.2) is 23.5 Å². The highest BCUT2D eigenvalue weighted by molar-refractivity contribution is 5.92. The topological polar surface area (TPSA) is 54.0 Å². The van der Waals surface area contributed by atoms with Crippen molar-refractivity contribution < 1.29 is 4.79 Å². The van der Waals surface area contributed by atoms with Gasteiger partial charge in [0.1, 0.15) is 5.69 Å². The van der Waals surface area contributed by atoms with E-state index in [2.05, 4.69) is 29.5 Å². The average Bonchev–Trinajstić information content (AvgIpc) is 2.72. The third-order valence-electron chi connectivity index (χ3n) is 4.16. The van der Waals surface area contributed by atoms with E-state index in [0.717, 1.165) is 18.7 Å². The lowest BCUT2D eigenvalue weighted by Gasteiger charge is -2.19. The summed E-state index contributed by atoms with van der Waals surface area (Å²) in [5.41, 5.74) is 1.44. The molecule has 4 nitrogen and oxygen atoms in total. The van der Waals surface area contributed by atoms with Gasteiger partial charge in [-0.15, -0.1) is 0 Å². The Kier molecular flexibility index (Phi) is 4.40. The minimum absolute atomic E-state index is 0.0611. The van der Waals surface area contributed by atoms with Crippen LogP contribution in [0.1, 0.15) is 44.1 Å². The number of nitrogens with zero attached hydrogens (tertiary/aromatic N) is 1. The maximum atomic E-state index is 12.1. The molecule has 2 rings (SSSR count). The Labute approximate surface area is 115 Å². The number of carbonyl (C=O) groups is 1. The Bertz CT molecular complexity index is 430. The Hall–Kier alpha value is -1.58. The maximum Gasteiger partial charge on any atom is 0.270 e. The summed E-state index contributed by atoms with van der Waals surface area (Å²) in [6.07, 6.45) is 3.97. The molecular weight excluding hydrogens is 238 g/mol. The van der Waals surface area contributed by atoms with Crippen molar-refractivity contribution in [2.45, 2.75) is 39.7 Å². The van der Waals surface area contributed by atoms with E-state index < -0.39 is 0 Å². The minimum atomic E-state index is -0.0611. The van der Waals surface area contributed by atoms with Crippen LogP contribution in [0, 0.1) is 11.8 Å². The van der Waals surface area contributed by atoms with Gasteiger partial charge in [0.2, 0.25) is 0 Å². The van der Waals surface area contributed by atoms with E-state index >= 15 is 0 Å². The highest BCUT2D eigenvalue weighted by Gasteiger charge is 2.31. The minimum Gasteiger partial charge on any atom is -0.384 e. The molecule has 3 atom stereocenters. The summed E-state index contributed by atoms with van der Waals surface area (Å²) in [4.78, 5) is 16.3. The molecule has 3 unspecified atom stereocenters. The summed E-state index contributed by atoms with van der Waals surface area (Å²) >= 11 is 0. The molecule has 19 heavy (non-hydrogen) atoms. The molecule has 4 heteroatoms. The highest BCUT2D eigenvalue weighted by Crippen LogP contribution is 2.31. The van der Waals surface area contributed by atoms with Gasteiger partial charge in [0.25, 0.3) is 5.91 Å². The second kappa shape index (κ2) is 6.04. The van der Waals surface area contributed by atoms with Crippen LogP contribution in [0.3, 0.4) is 0 Å². The zero-order valence-electron chi connectivity index (χ0n) is 11.9. The Morgan fingerprint density at radius 2 is 2.16 bits per heavy atom. The van der Waals surface area contributed by atoms with Gasteiger partial charge in [-0.2, -0.15) is 0 Å². The first-order valence-electron chi connectivity index (χ1n) is 7.12. The third kappa shape index (κ3) is 3.25. The highest BCUT2D eigenvalue weighted by atomic mass is 16.1. The van der Waals surface area contributed by atoms with Crippen molar-refractivity contribution >= 4 is 11.6 Å². The van der Waals surface area contributed by atoms with Gasteiger partial charge in [0.15, 0.2) is 0 Å². The van der Waals surface area contributed by atoms with Gasteiger partial charge in [0, 0.05) is 12.6 Å². The summed E-state index contributed by atoms with van der Waals surface area (Å²) in [5.74, 6) is 1.17. The molecule has 1 fully saturated rings. The van der Waals surface area contributed by atoms with Crippen LogP contribution in [-0.2, 0) is 0 Å². The fourth-order valence-electron chi connectivity index (χ4n) is 2.65. The number of carbonyl (C=O) groups excluding carboxylic acids is 1. The third-order valence-corrected chi connectivity index (χ3v) is 4.16. The van der Waals surface area contributed by atoms with Crippen molar-refractivity contribution in [3.05, 3.63) is 24.0 Å². The predicted molar refractivity (Wildman–Crippen MR) is 77.2 cm³/mol. The molecule has 1 amide bonds. The van der Waals surface area contributed by atoms with Crippen LogP contribution in [0.5, 0.6) is 0 Å². The predicted octanol–water partition coefficient (Wildman–Crippen LogP) is 2.68. The summed E-state index contributed by atoms with van der Waals surface area (Å²) in [5, 5.41) is 6.27. The standard InChI is InChI=1S/C15H23N3O/c1-4-16-12-6-8-14(17-9-12)15(19)18-13-7-5-10(2)11(13)3/h6,8-11,13,16H,4-5,7H2,1-3H3,(H,18,19). The number of nitrogens with one attached hydrogen (secondary N) is 2. The van der Waals surface area contributed by atoms with Gasteiger partial charge in [0.05, 0.1) is 11.9 Å². The van der Waals surface area contributed by atoms with Crippen molar-refractivity contribution in [1.29, 1.82) is 0 Å². The summed E-state index contributed by atoms with van der Waals surface area (Å²) in [6.45, 7) is 7.35. The molecule has 2 N–H and O–H groups in total. The zero-order chi connectivity index (χ0) is 13.8. The second-order valence-electron chi connectivity index (χ2n) is 5.46. The first-order chi connectivity index (χ1) is 9.11. The van der Waals surface area contributed by atoms with E-state index in [4.69, 9.17) is 0 Å². The summed E-state index contributed by atoms with van der Waals surface area (Å²) in [6, 6.07) is 3.96. The molecule has 0 bridgehead atoms. The molecule has 1 aliphatic carbocycles. The summed E-state index contributed by atoms with van der Waals surface area (Å²) in [7, 11) is 0. The van der Waals surface area contributed by atoms with Crippen molar-refractivity contribution in [3.8, 4) is 0 Å². The van der Waals surface area contributed by atoms with Gasteiger partial charge in [-0.3, -0.25) is 4.79 Å². The number of anilines is 1.